The van der Waals surface area contributed by atoms with Crippen LogP contribution < -0.4 is 16.0 Å². The maximum atomic E-state index is 9.40. The summed E-state index contributed by atoms with van der Waals surface area (Å²) in [5, 5.41) is 20.3. The molecule has 0 unspecified atom stereocenters. The fraction of sp³-hybridized carbons (Fsp3) is 0.389. The molecule has 0 radical (unpaired) electrons. The molecule has 0 fully saturated rings. The van der Waals surface area contributed by atoms with Gasteiger partial charge in [0.1, 0.15) is 11.9 Å². The Morgan fingerprint density at radius 1 is 1.20 bits per heavy atom. The highest BCUT2D eigenvalue weighted by Gasteiger charge is 2.08. The van der Waals surface area contributed by atoms with Gasteiger partial charge >= 0.3 is 0 Å². The van der Waals surface area contributed by atoms with Crippen molar-refractivity contribution in [3.8, 4) is 6.07 Å². The number of thiocarbonyl (C=S) groups is 1. The zero-order valence-corrected chi connectivity index (χ0v) is 15.6. The molecule has 3 N–H and O–H groups in total. The molecule has 25 heavy (non-hydrogen) atoms. The van der Waals surface area contributed by atoms with Gasteiger partial charge in [-0.1, -0.05) is 6.07 Å². The molecular formula is C18H23N5OS. The fourth-order valence-corrected chi connectivity index (χ4v) is 2.74. The van der Waals surface area contributed by atoms with E-state index in [4.69, 9.17) is 17.0 Å². The van der Waals surface area contributed by atoms with Gasteiger partial charge in [0, 0.05) is 32.1 Å². The Labute approximate surface area is 153 Å². The summed E-state index contributed by atoms with van der Waals surface area (Å²) in [5.41, 5.74) is 3.71. The van der Waals surface area contributed by atoms with Crippen molar-refractivity contribution in [1.29, 1.82) is 5.26 Å². The molecule has 1 aromatic heterocycles. The predicted molar refractivity (Wildman–Crippen MR) is 105 cm³/mol. The van der Waals surface area contributed by atoms with Crippen molar-refractivity contribution in [1.82, 2.24) is 15.6 Å². The van der Waals surface area contributed by atoms with Crippen LogP contribution in [0.4, 0.5) is 5.82 Å². The van der Waals surface area contributed by atoms with Crippen molar-refractivity contribution < 1.29 is 4.74 Å². The maximum absolute atomic E-state index is 9.40. The summed E-state index contributed by atoms with van der Waals surface area (Å²) in [6.45, 7) is 6.57. The van der Waals surface area contributed by atoms with Crippen LogP contribution in [0.15, 0.2) is 18.2 Å². The van der Waals surface area contributed by atoms with Crippen LogP contribution in [-0.2, 0) is 4.74 Å². The monoisotopic (exact) mass is 357 g/mol. The molecule has 6 nitrogen and oxygen atoms in total. The van der Waals surface area contributed by atoms with Crippen LogP contribution in [0, 0.1) is 25.2 Å². The summed E-state index contributed by atoms with van der Waals surface area (Å²) in [6, 6.07) is 8.24. The van der Waals surface area contributed by atoms with Crippen LogP contribution in [0.3, 0.4) is 0 Å². The molecule has 2 aromatic rings. The van der Waals surface area contributed by atoms with Crippen LogP contribution in [0.25, 0.3) is 10.9 Å². The Balaban J connectivity index is 1.99. The molecule has 0 aliphatic carbocycles. The van der Waals surface area contributed by atoms with E-state index in [0.717, 1.165) is 22.0 Å². The summed E-state index contributed by atoms with van der Waals surface area (Å²) in [5.74, 6) is 0.597. The van der Waals surface area contributed by atoms with Crippen molar-refractivity contribution >= 4 is 34.1 Å². The molecule has 7 heteroatoms. The number of nitriles is 1. The lowest BCUT2D eigenvalue weighted by Gasteiger charge is -2.13. The molecule has 0 saturated heterocycles. The van der Waals surface area contributed by atoms with Gasteiger partial charge in [0.05, 0.1) is 17.7 Å². The van der Waals surface area contributed by atoms with Gasteiger partial charge in [0.15, 0.2) is 5.11 Å². The topological polar surface area (TPSA) is 82.0 Å². The van der Waals surface area contributed by atoms with Gasteiger partial charge in [-0.2, -0.15) is 5.26 Å². The first-order valence-corrected chi connectivity index (χ1v) is 8.52. The summed E-state index contributed by atoms with van der Waals surface area (Å²) in [4.78, 5) is 4.62. The number of hydrogen-bond acceptors (Lipinski definition) is 5. The minimum absolute atomic E-state index is 0.542. The van der Waals surface area contributed by atoms with E-state index in [1.807, 2.05) is 26.0 Å². The first-order valence-electron chi connectivity index (χ1n) is 8.11. The van der Waals surface area contributed by atoms with Crippen molar-refractivity contribution in [3.05, 3.63) is 34.9 Å². The van der Waals surface area contributed by atoms with E-state index in [-0.39, 0.29) is 0 Å². The highest BCUT2D eigenvalue weighted by atomic mass is 32.1. The first kappa shape index (κ1) is 18.9. The number of fused-ring (bicyclic) bond motifs is 1. The highest BCUT2D eigenvalue weighted by Crippen LogP contribution is 2.24. The quantitative estimate of drug-likeness (QED) is 0.518. The summed E-state index contributed by atoms with van der Waals surface area (Å²) in [6.07, 6.45) is 0. The van der Waals surface area contributed by atoms with E-state index in [0.29, 0.717) is 42.7 Å². The molecule has 0 atom stereocenters. The molecule has 0 aliphatic heterocycles. The maximum Gasteiger partial charge on any atom is 0.166 e. The Hall–Kier alpha value is -2.43. The van der Waals surface area contributed by atoms with E-state index in [2.05, 4.69) is 33.1 Å². The van der Waals surface area contributed by atoms with Gasteiger partial charge in [-0.3, -0.25) is 0 Å². The van der Waals surface area contributed by atoms with Crippen molar-refractivity contribution in [2.75, 3.05) is 38.7 Å². The molecule has 0 aliphatic rings. The Bertz CT molecular complexity index is 800. The third-order valence-electron chi connectivity index (χ3n) is 3.70. The lowest BCUT2D eigenvalue weighted by molar-refractivity contribution is 0.204. The number of aryl methyl sites for hydroxylation is 2. The van der Waals surface area contributed by atoms with Crippen LogP contribution in [0.5, 0.6) is 0 Å². The van der Waals surface area contributed by atoms with Gasteiger partial charge in [-0.05, 0) is 49.3 Å². The van der Waals surface area contributed by atoms with Crippen LogP contribution in [0.1, 0.15) is 16.7 Å². The second kappa shape index (κ2) is 9.16. The van der Waals surface area contributed by atoms with Gasteiger partial charge < -0.3 is 20.7 Å². The highest BCUT2D eigenvalue weighted by molar-refractivity contribution is 7.80. The van der Waals surface area contributed by atoms with Crippen molar-refractivity contribution in [2.45, 2.75) is 13.8 Å². The minimum Gasteiger partial charge on any atom is -0.383 e. The van der Waals surface area contributed by atoms with E-state index in [9.17, 15) is 5.26 Å². The molecule has 132 valence electrons. The normalized spacial score (nSPS) is 10.3. The number of ether oxygens (including phenoxy) is 1. The zero-order valence-electron chi connectivity index (χ0n) is 14.8. The molecule has 0 spiro atoms. The van der Waals surface area contributed by atoms with Gasteiger partial charge in [-0.25, -0.2) is 4.98 Å². The number of nitrogens with zero attached hydrogens (tertiary/aromatic N) is 2. The number of benzene rings is 1. The third kappa shape index (κ3) is 5.28. The SMILES string of the molecule is COCCNC(=S)NCCNc1nc2cc(C)cc(C)c2cc1C#N. The molecular weight excluding hydrogens is 334 g/mol. The molecule has 1 aromatic carbocycles. The van der Waals surface area contributed by atoms with E-state index < -0.39 is 0 Å². The number of rotatable bonds is 7. The molecule has 0 amide bonds. The Morgan fingerprint density at radius 2 is 1.96 bits per heavy atom. The average Bonchev–Trinajstić information content (AvgIpc) is 2.58. The number of hydrogen-bond donors (Lipinski definition) is 3. The van der Waals surface area contributed by atoms with Crippen molar-refractivity contribution in [2.24, 2.45) is 0 Å². The molecule has 2 rings (SSSR count). The van der Waals surface area contributed by atoms with Gasteiger partial charge in [0.25, 0.3) is 0 Å². The lowest BCUT2D eigenvalue weighted by atomic mass is 10.0. The molecule has 1 heterocycles. The zero-order chi connectivity index (χ0) is 18.2. The second-order valence-corrected chi connectivity index (χ2v) is 6.16. The molecule has 0 saturated carbocycles. The number of nitrogens with one attached hydrogen (secondary N) is 3. The van der Waals surface area contributed by atoms with Gasteiger partial charge in [-0.15, -0.1) is 0 Å². The molecule has 0 bridgehead atoms. The Kier molecular flexibility index (Phi) is 6.92. The summed E-state index contributed by atoms with van der Waals surface area (Å²) in [7, 11) is 1.65. The number of methoxy groups -OCH3 is 1. The number of anilines is 1. The number of aromatic nitrogens is 1. The van der Waals surface area contributed by atoms with Crippen LogP contribution in [-0.4, -0.2) is 43.4 Å². The standard InChI is InChI=1S/C18H23N5OS/c1-12-8-13(2)15-10-14(11-19)17(23-16(15)9-12)20-4-5-21-18(25)22-6-7-24-3/h8-10H,4-7H2,1-3H3,(H,20,23)(H2,21,22,25). The van der Waals surface area contributed by atoms with E-state index >= 15 is 0 Å². The number of pyridine rings is 1. The fourth-order valence-electron chi connectivity index (χ4n) is 2.54. The van der Waals surface area contributed by atoms with Crippen LogP contribution >= 0.6 is 12.2 Å². The summed E-state index contributed by atoms with van der Waals surface area (Å²) < 4.78 is 4.95. The Morgan fingerprint density at radius 3 is 2.68 bits per heavy atom. The minimum atomic E-state index is 0.542. The average molecular weight is 357 g/mol. The predicted octanol–water partition coefficient (Wildman–Crippen LogP) is 2.25. The largest absolute Gasteiger partial charge is 0.383 e. The second-order valence-electron chi connectivity index (χ2n) is 5.75. The summed E-state index contributed by atoms with van der Waals surface area (Å²) >= 11 is 5.16. The van der Waals surface area contributed by atoms with Crippen molar-refractivity contribution in [3.63, 3.8) is 0 Å². The van der Waals surface area contributed by atoms with E-state index in [1.165, 1.54) is 0 Å². The van der Waals surface area contributed by atoms with E-state index in [1.54, 1.807) is 7.11 Å². The lowest BCUT2D eigenvalue weighted by Crippen LogP contribution is -2.39. The van der Waals surface area contributed by atoms with Gasteiger partial charge in [0.2, 0.25) is 0 Å². The first-order chi connectivity index (χ1) is 12.0. The smallest absolute Gasteiger partial charge is 0.166 e. The third-order valence-corrected chi connectivity index (χ3v) is 3.99. The van der Waals surface area contributed by atoms with Crippen LogP contribution in [0.2, 0.25) is 0 Å².